The van der Waals surface area contributed by atoms with Gasteiger partial charge in [0.2, 0.25) is 11.8 Å². The van der Waals surface area contributed by atoms with Gasteiger partial charge in [0.25, 0.3) is 0 Å². The van der Waals surface area contributed by atoms with Crippen molar-refractivity contribution >= 4 is 17.8 Å². The number of piperazine rings is 1. The number of hydrogen-bond donors (Lipinski definition) is 1. The maximum atomic E-state index is 13.9. The first-order chi connectivity index (χ1) is 17.9. The van der Waals surface area contributed by atoms with E-state index in [9.17, 15) is 14.4 Å². The Morgan fingerprint density at radius 3 is 2.35 bits per heavy atom. The zero-order valence-electron chi connectivity index (χ0n) is 22.2. The Balaban J connectivity index is 1.64. The van der Waals surface area contributed by atoms with Crippen molar-refractivity contribution in [3.05, 3.63) is 71.8 Å². The van der Waals surface area contributed by atoms with E-state index in [2.05, 4.69) is 19.2 Å². The molecule has 2 aromatic rings. The number of nitrogens with one attached hydrogen (secondary N) is 1. The fraction of sp³-hybridized carbons (Fsp3) is 0.483. The third-order valence-corrected chi connectivity index (χ3v) is 7.46. The summed E-state index contributed by atoms with van der Waals surface area (Å²) >= 11 is 0. The van der Waals surface area contributed by atoms with Crippen molar-refractivity contribution in [3.8, 4) is 0 Å². The van der Waals surface area contributed by atoms with E-state index in [4.69, 9.17) is 0 Å². The lowest BCUT2D eigenvalue weighted by molar-refractivity contribution is -0.188. The molecular formula is C29H39N5O3. The molecule has 0 saturated carbocycles. The molecule has 0 bridgehead atoms. The van der Waals surface area contributed by atoms with Gasteiger partial charge < -0.3 is 15.1 Å². The van der Waals surface area contributed by atoms with Crippen molar-refractivity contribution in [1.29, 1.82) is 0 Å². The first kappa shape index (κ1) is 26.7. The second kappa shape index (κ2) is 12.2. The molecule has 8 nitrogen and oxygen atoms in total. The number of carbonyl (C=O) groups is 3. The lowest BCUT2D eigenvalue weighted by atomic mass is 9.95. The van der Waals surface area contributed by atoms with Gasteiger partial charge in [-0.25, -0.2) is 14.8 Å². The highest BCUT2D eigenvalue weighted by Crippen LogP contribution is 2.35. The van der Waals surface area contributed by atoms with Crippen LogP contribution in [0.5, 0.6) is 0 Å². The Morgan fingerprint density at radius 1 is 1.03 bits per heavy atom. The highest BCUT2D eigenvalue weighted by molar-refractivity contribution is 5.92. The molecule has 0 radical (unpaired) electrons. The van der Waals surface area contributed by atoms with Gasteiger partial charge in [0.15, 0.2) is 0 Å². The number of fused-ring (bicyclic) bond motifs is 1. The van der Waals surface area contributed by atoms with Crippen molar-refractivity contribution < 1.29 is 14.4 Å². The number of amides is 4. The zero-order chi connectivity index (χ0) is 26.4. The van der Waals surface area contributed by atoms with Crippen molar-refractivity contribution in [2.45, 2.75) is 58.3 Å². The first-order valence-electron chi connectivity index (χ1n) is 13.4. The van der Waals surface area contributed by atoms with E-state index in [1.807, 2.05) is 65.6 Å². The maximum Gasteiger partial charge on any atom is 0.334 e. The Bertz CT molecular complexity index is 1060. The molecule has 2 aliphatic heterocycles. The number of hydrazine groups is 1. The average Bonchev–Trinajstić information content (AvgIpc) is 2.91. The van der Waals surface area contributed by atoms with Crippen LogP contribution in [0.3, 0.4) is 0 Å². The summed E-state index contributed by atoms with van der Waals surface area (Å²) in [6, 6.07) is 18.2. The standard InChI is InChI=1S/C29H39N5O3/c1-4-6-13-22(5-2)19-32-20-25-33(27(28(32)36)24-16-11-8-12-17-24)26(35)21-31(3)34(25)29(37)30-18-23-14-9-7-10-15-23/h7-12,14-17,22,25,27H,4-6,13,18-21H2,1-3H3,(H,30,37)/t22?,25-,27-/m0/s1. The number of carbonyl (C=O) groups excluding carboxylic acids is 3. The number of hydrogen-bond acceptors (Lipinski definition) is 4. The Hall–Kier alpha value is -3.39. The van der Waals surface area contributed by atoms with E-state index in [1.165, 1.54) is 0 Å². The van der Waals surface area contributed by atoms with Gasteiger partial charge in [0, 0.05) is 20.1 Å². The largest absolute Gasteiger partial charge is 0.336 e. The van der Waals surface area contributed by atoms with E-state index in [1.54, 1.807) is 22.0 Å². The SMILES string of the molecule is CCCCC(CC)CN1C[C@H]2N(C(=O)CN(C)N2C(=O)NCc2ccccc2)[C@@H](c2ccccc2)C1=O. The third kappa shape index (κ3) is 5.96. The predicted octanol–water partition coefficient (Wildman–Crippen LogP) is 4.01. The summed E-state index contributed by atoms with van der Waals surface area (Å²) in [7, 11) is 1.76. The van der Waals surface area contributed by atoms with Gasteiger partial charge in [-0.2, -0.15) is 0 Å². The minimum absolute atomic E-state index is 0.0277. The van der Waals surface area contributed by atoms with Crippen LogP contribution in [0.4, 0.5) is 4.79 Å². The molecule has 0 aromatic heterocycles. The summed E-state index contributed by atoms with van der Waals surface area (Å²) < 4.78 is 0. The van der Waals surface area contributed by atoms with Crippen LogP contribution in [-0.4, -0.2) is 70.5 Å². The minimum atomic E-state index is -0.755. The van der Waals surface area contributed by atoms with Crippen LogP contribution < -0.4 is 5.32 Å². The van der Waals surface area contributed by atoms with Crippen LogP contribution in [0.2, 0.25) is 0 Å². The van der Waals surface area contributed by atoms with Crippen LogP contribution in [0, 0.1) is 5.92 Å². The molecule has 1 unspecified atom stereocenters. The summed E-state index contributed by atoms with van der Waals surface area (Å²) in [6.45, 7) is 5.67. The van der Waals surface area contributed by atoms with Gasteiger partial charge in [-0.1, -0.05) is 93.8 Å². The maximum absolute atomic E-state index is 13.9. The van der Waals surface area contributed by atoms with E-state index in [-0.39, 0.29) is 24.4 Å². The number of unbranched alkanes of at least 4 members (excludes halogenated alkanes) is 1. The summed E-state index contributed by atoms with van der Waals surface area (Å²) in [4.78, 5) is 44.4. The van der Waals surface area contributed by atoms with E-state index < -0.39 is 12.2 Å². The van der Waals surface area contributed by atoms with Crippen LogP contribution in [0.25, 0.3) is 0 Å². The van der Waals surface area contributed by atoms with Crippen LogP contribution >= 0.6 is 0 Å². The summed E-state index contributed by atoms with van der Waals surface area (Å²) in [5.41, 5.74) is 1.76. The van der Waals surface area contributed by atoms with E-state index >= 15 is 0 Å². The van der Waals surface area contributed by atoms with Gasteiger partial charge in [-0.05, 0) is 23.5 Å². The number of rotatable bonds is 9. The molecule has 4 amide bonds. The Labute approximate surface area is 220 Å². The topological polar surface area (TPSA) is 76.2 Å². The smallest absolute Gasteiger partial charge is 0.334 e. The normalized spacial score (nSPS) is 21.1. The highest BCUT2D eigenvalue weighted by Gasteiger charge is 2.51. The van der Waals surface area contributed by atoms with E-state index in [0.717, 1.165) is 36.8 Å². The molecule has 0 spiro atoms. The van der Waals surface area contributed by atoms with Crippen molar-refractivity contribution in [2.75, 3.05) is 26.7 Å². The predicted molar refractivity (Wildman–Crippen MR) is 143 cm³/mol. The van der Waals surface area contributed by atoms with Crippen LogP contribution in [0.1, 0.15) is 56.7 Å². The molecule has 2 aromatic carbocycles. The van der Waals surface area contributed by atoms with Crippen molar-refractivity contribution in [2.24, 2.45) is 5.92 Å². The molecule has 1 N–H and O–H groups in total. The third-order valence-electron chi connectivity index (χ3n) is 7.46. The molecule has 4 rings (SSSR count). The van der Waals surface area contributed by atoms with Gasteiger partial charge in [0.1, 0.15) is 12.2 Å². The summed E-state index contributed by atoms with van der Waals surface area (Å²) in [5, 5.41) is 6.30. The quantitative estimate of drug-likeness (QED) is 0.559. The van der Waals surface area contributed by atoms with E-state index in [0.29, 0.717) is 25.6 Å². The molecular weight excluding hydrogens is 466 g/mol. The molecule has 3 atom stereocenters. The molecule has 2 fully saturated rings. The first-order valence-corrected chi connectivity index (χ1v) is 13.4. The zero-order valence-corrected chi connectivity index (χ0v) is 22.2. The molecule has 2 heterocycles. The highest BCUT2D eigenvalue weighted by atomic mass is 16.2. The fourth-order valence-corrected chi connectivity index (χ4v) is 5.40. The van der Waals surface area contributed by atoms with Gasteiger partial charge in [0.05, 0.1) is 13.1 Å². The Kier molecular flexibility index (Phi) is 8.82. The Morgan fingerprint density at radius 2 is 1.70 bits per heavy atom. The molecule has 2 aliphatic rings. The molecule has 8 heteroatoms. The second-order valence-corrected chi connectivity index (χ2v) is 10.1. The monoisotopic (exact) mass is 505 g/mol. The van der Waals surface area contributed by atoms with Gasteiger partial charge in [-0.3, -0.25) is 9.59 Å². The summed E-state index contributed by atoms with van der Waals surface area (Å²) in [5.74, 6) is 0.156. The molecule has 198 valence electrons. The average molecular weight is 506 g/mol. The molecule has 0 aliphatic carbocycles. The van der Waals surface area contributed by atoms with Crippen LogP contribution in [0.15, 0.2) is 60.7 Å². The number of likely N-dealkylation sites (N-methyl/N-ethyl adjacent to an activating group) is 1. The van der Waals surface area contributed by atoms with Crippen molar-refractivity contribution in [3.63, 3.8) is 0 Å². The molecule has 2 saturated heterocycles. The molecule has 37 heavy (non-hydrogen) atoms. The fourth-order valence-electron chi connectivity index (χ4n) is 5.40. The van der Waals surface area contributed by atoms with Gasteiger partial charge in [-0.15, -0.1) is 0 Å². The lowest BCUT2D eigenvalue weighted by Gasteiger charge is -2.54. The minimum Gasteiger partial charge on any atom is -0.336 e. The number of benzene rings is 2. The lowest BCUT2D eigenvalue weighted by Crippen LogP contribution is -2.74. The van der Waals surface area contributed by atoms with Crippen LogP contribution in [-0.2, 0) is 16.1 Å². The second-order valence-electron chi connectivity index (χ2n) is 10.1. The summed E-state index contributed by atoms with van der Waals surface area (Å²) in [6.07, 6.45) is 3.68. The number of nitrogens with zero attached hydrogens (tertiary/aromatic N) is 4. The van der Waals surface area contributed by atoms with Gasteiger partial charge >= 0.3 is 6.03 Å². The number of urea groups is 1. The van der Waals surface area contributed by atoms with Crippen molar-refractivity contribution in [1.82, 2.24) is 25.1 Å².